The van der Waals surface area contributed by atoms with E-state index in [-0.39, 0.29) is 5.91 Å². The highest BCUT2D eigenvalue weighted by atomic mass is 35.5. The van der Waals surface area contributed by atoms with Gasteiger partial charge in [0, 0.05) is 17.3 Å². The van der Waals surface area contributed by atoms with E-state index >= 15 is 0 Å². The van der Waals surface area contributed by atoms with E-state index in [1.54, 1.807) is 36.4 Å². The number of likely N-dealkylation sites (N-methyl/N-ethyl adjacent to an activating group) is 1. The van der Waals surface area contributed by atoms with Gasteiger partial charge in [-0.2, -0.15) is 0 Å². The smallest absolute Gasteiger partial charge is 0.263 e. The SMILES string of the molecule is CCOc1cccc(OCCN(C)C)c1C(=O)Nc1ccc(Cl)cc1. The van der Waals surface area contributed by atoms with E-state index in [9.17, 15) is 4.79 Å². The second-order valence-electron chi connectivity index (χ2n) is 5.68. The summed E-state index contributed by atoms with van der Waals surface area (Å²) in [6, 6.07) is 12.3. The third-order valence-corrected chi connectivity index (χ3v) is 3.67. The molecule has 0 atom stereocenters. The number of nitrogens with one attached hydrogen (secondary N) is 1. The molecule has 0 saturated heterocycles. The quantitative estimate of drug-likeness (QED) is 0.773. The van der Waals surface area contributed by atoms with Crippen molar-refractivity contribution < 1.29 is 14.3 Å². The predicted molar refractivity (Wildman–Crippen MR) is 101 cm³/mol. The summed E-state index contributed by atoms with van der Waals surface area (Å²) in [5.74, 6) is 0.710. The Morgan fingerprint density at radius 3 is 2.32 bits per heavy atom. The van der Waals surface area contributed by atoms with Crippen LogP contribution in [0.1, 0.15) is 17.3 Å². The molecule has 0 aliphatic carbocycles. The maximum Gasteiger partial charge on any atom is 0.263 e. The molecule has 1 amide bonds. The zero-order chi connectivity index (χ0) is 18.2. The number of rotatable bonds is 8. The minimum atomic E-state index is -0.286. The molecule has 0 radical (unpaired) electrons. The van der Waals surface area contributed by atoms with E-state index in [1.165, 1.54) is 0 Å². The molecule has 25 heavy (non-hydrogen) atoms. The molecule has 0 heterocycles. The second-order valence-corrected chi connectivity index (χ2v) is 6.11. The molecule has 2 rings (SSSR count). The maximum atomic E-state index is 12.8. The van der Waals surface area contributed by atoms with E-state index < -0.39 is 0 Å². The van der Waals surface area contributed by atoms with Crippen molar-refractivity contribution in [2.75, 3.05) is 39.2 Å². The molecule has 6 heteroatoms. The number of hydrogen-bond acceptors (Lipinski definition) is 4. The predicted octanol–water partition coefficient (Wildman–Crippen LogP) is 3.93. The lowest BCUT2D eigenvalue weighted by Crippen LogP contribution is -2.21. The van der Waals surface area contributed by atoms with Gasteiger partial charge in [-0.1, -0.05) is 17.7 Å². The van der Waals surface area contributed by atoms with Crippen LogP contribution in [0.2, 0.25) is 5.02 Å². The summed E-state index contributed by atoms with van der Waals surface area (Å²) in [4.78, 5) is 14.8. The lowest BCUT2D eigenvalue weighted by atomic mass is 10.1. The van der Waals surface area contributed by atoms with E-state index in [1.807, 2.05) is 32.0 Å². The van der Waals surface area contributed by atoms with Crippen molar-refractivity contribution >= 4 is 23.2 Å². The number of amides is 1. The number of halogens is 1. The molecule has 0 aliphatic heterocycles. The summed E-state index contributed by atoms with van der Waals surface area (Å²) in [5, 5.41) is 3.47. The normalized spacial score (nSPS) is 10.6. The Balaban J connectivity index is 2.24. The Hall–Kier alpha value is -2.24. The first kappa shape index (κ1) is 19.1. The molecule has 0 aliphatic rings. The highest BCUT2D eigenvalue weighted by molar-refractivity contribution is 6.30. The number of nitrogens with zero attached hydrogens (tertiary/aromatic N) is 1. The molecular weight excluding hydrogens is 340 g/mol. The van der Waals surface area contributed by atoms with E-state index in [0.29, 0.717) is 41.0 Å². The molecule has 2 aromatic rings. The standard InChI is InChI=1S/C19H23ClN2O3/c1-4-24-16-6-5-7-17(25-13-12-22(2)3)18(16)19(23)21-15-10-8-14(20)9-11-15/h5-11H,4,12-13H2,1-3H3,(H,21,23). The van der Waals surface area contributed by atoms with Gasteiger partial charge in [-0.05, 0) is 57.4 Å². The molecular formula is C19H23ClN2O3. The molecule has 0 spiro atoms. The maximum absolute atomic E-state index is 12.8. The Labute approximate surface area is 153 Å². The summed E-state index contributed by atoms with van der Waals surface area (Å²) < 4.78 is 11.4. The van der Waals surface area contributed by atoms with Crippen molar-refractivity contribution in [1.82, 2.24) is 4.90 Å². The first-order valence-electron chi connectivity index (χ1n) is 8.11. The molecule has 5 nitrogen and oxygen atoms in total. The van der Waals surface area contributed by atoms with E-state index in [2.05, 4.69) is 5.32 Å². The minimum absolute atomic E-state index is 0.286. The van der Waals surface area contributed by atoms with Crippen LogP contribution in [0.15, 0.2) is 42.5 Å². The van der Waals surface area contributed by atoms with Crippen LogP contribution in [0, 0.1) is 0 Å². The van der Waals surface area contributed by atoms with E-state index in [0.717, 1.165) is 6.54 Å². The summed E-state index contributed by atoms with van der Waals surface area (Å²) in [6.07, 6.45) is 0. The van der Waals surface area contributed by atoms with Crippen molar-refractivity contribution in [3.8, 4) is 11.5 Å². The van der Waals surface area contributed by atoms with Crippen molar-refractivity contribution in [2.45, 2.75) is 6.92 Å². The molecule has 1 N–H and O–H groups in total. The molecule has 0 bridgehead atoms. The first-order chi connectivity index (χ1) is 12.0. The van der Waals surface area contributed by atoms with Crippen LogP contribution in [0.5, 0.6) is 11.5 Å². The van der Waals surface area contributed by atoms with Crippen LogP contribution < -0.4 is 14.8 Å². The molecule has 0 saturated carbocycles. The van der Waals surface area contributed by atoms with Gasteiger partial charge >= 0.3 is 0 Å². The van der Waals surface area contributed by atoms with Gasteiger partial charge in [0.25, 0.3) is 5.91 Å². The fraction of sp³-hybridized carbons (Fsp3) is 0.316. The average molecular weight is 363 g/mol. The third-order valence-electron chi connectivity index (χ3n) is 3.41. The van der Waals surface area contributed by atoms with Crippen molar-refractivity contribution in [1.29, 1.82) is 0 Å². The lowest BCUT2D eigenvalue weighted by Gasteiger charge is -2.17. The number of ether oxygens (including phenoxy) is 2. The van der Waals surface area contributed by atoms with Gasteiger partial charge in [-0.25, -0.2) is 0 Å². The molecule has 0 aromatic heterocycles. The number of benzene rings is 2. The van der Waals surface area contributed by atoms with Gasteiger partial charge in [0.1, 0.15) is 23.7 Å². The number of carbonyl (C=O) groups is 1. The largest absolute Gasteiger partial charge is 0.493 e. The van der Waals surface area contributed by atoms with Crippen LogP contribution in [-0.2, 0) is 0 Å². The fourth-order valence-corrected chi connectivity index (χ4v) is 2.32. The van der Waals surface area contributed by atoms with Gasteiger partial charge in [-0.3, -0.25) is 4.79 Å². The van der Waals surface area contributed by atoms with Gasteiger partial charge in [0.15, 0.2) is 0 Å². The zero-order valence-corrected chi connectivity index (χ0v) is 15.5. The highest BCUT2D eigenvalue weighted by Gasteiger charge is 2.19. The minimum Gasteiger partial charge on any atom is -0.493 e. The molecule has 2 aromatic carbocycles. The summed E-state index contributed by atoms with van der Waals surface area (Å²) in [6.45, 7) is 3.56. The summed E-state index contributed by atoms with van der Waals surface area (Å²) >= 11 is 5.88. The zero-order valence-electron chi connectivity index (χ0n) is 14.7. The third kappa shape index (κ3) is 5.66. The van der Waals surface area contributed by atoms with E-state index in [4.69, 9.17) is 21.1 Å². The van der Waals surface area contributed by atoms with Gasteiger partial charge in [-0.15, -0.1) is 0 Å². The molecule has 0 fully saturated rings. The number of anilines is 1. The first-order valence-corrected chi connectivity index (χ1v) is 8.49. The number of hydrogen-bond donors (Lipinski definition) is 1. The Kier molecular flexibility index (Phi) is 7.10. The van der Waals surface area contributed by atoms with Crippen LogP contribution in [0.25, 0.3) is 0 Å². The van der Waals surface area contributed by atoms with Crippen molar-refractivity contribution in [2.24, 2.45) is 0 Å². The van der Waals surface area contributed by atoms with Crippen molar-refractivity contribution in [3.63, 3.8) is 0 Å². The van der Waals surface area contributed by atoms with Crippen LogP contribution >= 0.6 is 11.6 Å². The van der Waals surface area contributed by atoms with Crippen LogP contribution in [-0.4, -0.2) is 44.7 Å². The Morgan fingerprint density at radius 1 is 1.08 bits per heavy atom. The Bertz CT molecular complexity index is 702. The average Bonchev–Trinajstić information content (AvgIpc) is 2.57. The van der Waals surface area contributed by atoms with Gasteiger partial charge in [0.2, 0.25) is 0 Å². The van der Waals surface area contributed by atoms with Crippen LogP contribution in [0.3, 0.4) is 0 Å². The van der Waals surface area contributed by atoms with Crippen molar-refractivity contribution in [3.05, 3.63) is 53.1 Å². The highest BCUT2D eigenvalue weighted by Crippen LogP contribution is 2.30. The lowest BCUT2D eigenvalue weighted by molar-refractivity contribution is 0.101. The summed E-state index contributed by atoms with van der Waals surface area (Å²) in [7, 11) is 3.93. The Morgan fingerprint density at radius 2 is 1.72 bits per heavy atom. The second kappa shape index (κ2) is 9.30. The number of carbonyl (C=O) groups excluding carboxylic acids is 1. The summed E-state index contributed by atoms with van der Waals surface area (Å²) in [5.41, 5.74) is 1.04. The van der Waals surface area contributed by atoms with Gasteiger partial charge in [0.05, 0.1) is 6.61 Å². The molecule has 134 valence electrons. The molecule has 0 unspecified atom stereocenters. The fourth-order valence-electron chi connectivity index (χ4n) is 2.20. The topological polar surface area (TPSA) is 50.8 Å². The van der Waals surface area contributed by atoms with Gasteiger partial charge < -0.3 is 19.7 Å². The van der Waals surface area contributed by atoms with Crippen LogP contribution in [0.4, 0.5) is 5.69 Å². The monoisotopic (exact) mass is 362 g/mol.